The average Bonchev–Trinajstić information content (AvgIpc) is 2.03. The standard InChI is InChI=1S/C9H7NO2/c11-7-1-2-9-6(3-7)4-8(12)5-10-9/h1-5,11-12H. The predicted octanol–water partition coefficient (Wildman–Crippen LogP) is 1.65. The van der Waals surface area contributed by atoms with Gasteiger partial charge in [0, 0.05) is 5.39 Å². The van der Waals surface area contributed by atoms with Crippen LogP contribution in [-0.2, 0) is 0 Å². The van der Waals surface area contributed by atoms with Crippen molar-refractivity contribution in [1.29, 1.82) is 0 Å². The third-order valence-corrected chi connectivity index (χ3v) is 1.65. The summed E-state index contributed by atoms with van der Waals surface area (Å²) in [6, 6.07) is 6.38. The Balaban J connectivity index is 2.80. The zero-order valence-electron chi connectivity index (χ0n) is 6.23. The Labute approximate surface area is 68.9 Å². The largest absolute Gasteiger partial charge is 0.508 e. The summed E-state index contributed by atoms with van der Waals surface area (Å²) in [6.07, 6.45) is 1.37. The Kier molecular flexibility index (Phi) is 1.37. The molecule has 0 saturated heterocycles. The van der Waals surface area contributed by atoms with Gasteiger partial charge < -0.3 is 10.2 Å². The summed E-state index contributed by atoms with van der Waals surface area (Å²) in [4.78, 5) is 3.96. The van der Waals surface area contributed by atoms with Crippen molar-refractivity contribution >= 4 is 10.9 Å². The molecule has 1 aromatic carbocycles. The normalized spacial score (nSPS) is 10.3. The molecule has 1 aromatic heterocycles. The summed E-state index contributed by atoms with van der Waals surface area (Å²) in [5.41, 5.74) is 0.755. The van der Waals surface area contributed by atoms with Gasteiger partial charge in [0.25, 0.3) is 0 Å². The number of rotatable bonds is 0. The van der Waals surface area contributed by atoms with E-state index in [2.05, 4.69) is 4.98 Å². The third kappa shape index (κ3) is 1.05. The van der Waals surface area contributed by atoms with Gasteiger partial charge >= 0.3 is 0 Å². The van der Waals surface area contributed by atoms with Gasteiger partial charge in [0.2, 0.25) is 0 Å². The fourth-order valence-corrected chi connectivity index (χ4v) is 1.11. The van der Waals surface area contributed by atoms with Crippen molar-refractivity contribution in [3.05, 3.63) is 30.5 Å². The number of pyridine rings is 1. The monoisotopic (exact) mass is 161 g/mol. The minimum Gasteiger partial charge on any atom is -0.508 e. The molecular formula is C9H7NO2. The first-order valence-electron chi connectivity index (χ1n) is 3.53. The summed E-state index contributed by atoms with van der Waals surface area (Å²) in [6.45, 7) is 0. The number of phenolic OH excluding ortho intramolecular Hbond substituents is 1. The molecule has 3 heteroatoms. The molecule has 0 bridgehead atoms. The number of hydrogen-bond donors (Lipinski definition) is 2. The van der Waals surface area contributed by atoms with E-state index >= 15 is 0 Å². The molecule has 0 aliphatic heterocycles. The van der Waals surface area contributed by atoms with E-state index in [1.807, 2.05) is 0 Å². The molecule has 2 rings (SSSR count). The van der Waals surface area contributed by atoms with Crippen LogP contribution < -0.4 is 0 Å². The summed E-state index contributed by atoms with van der Waals surface area (Å²) >= 11 is 0. The van der Waals surface area contributed by atoms with Crippen LogP contribution in [0.15, 0.2) is 30.5 Å². The second kappa shape index (κ2) is 2.37. The minimum atomic E-state index is 0.105. The molecule has 0 aliphatic carbocycles. The van der Waals surface area contributed by atoms with Crippen molar-refractivity contribution in [2.24, 2.45) is 0 Å². The molecule has 2 aromatic rings. The first-order chi connectivity index (χ1) is 5.75. The topological polar surface area (TPSA) is 53.4 Å². The fraction of sp³-hybridized carbons (Fsp3) is 0. The Hall–Kier alpha value is -1.77. The highest BCUT2D eigenvalue weighted by Crippen LogP contribution is 2.20. The molecule has 60 valence electrons. The molecule has 12 heavy (non-hydrogen) atoms. The summed E-state index contributed by atoms with van der Waals surface area (Å²) in [7, 11) is 0. The molecule has 0 radical (unpaired) electrons. The molecule has 2 N–H and O–H groups in total. The summed E-state index contributed by atoms with van der Waals surface area (Å²) < 4.78 is 0. The maximum Gasteiger partial charge on any atom is 0.134 e. The van der Waals surface area contributed by atoms with Crippen LogP contribution >= 0.6 is 0 Å². The molecule has 0 atom stereocenters. The Morgan fingerprint density at radius 1 is 1.00 bits per heavy atom. The molecule has 0 fully saturated rings. The van der Waals surface area contributed by atoms with Crippen LogP contribution in [0.4, 0.5) is 0 Å². The van der Waals surface area contributed by atoms with Gasteiger partial charge in [0.1, 0.15) is 11.5 Å². The molecular weight excluding hydrogens is 154 g/mol. The van der Waals surface area contributed by atoms with E-state index in [4.69, 9.17) is 10.2 Å². The number of aromatic nitrogens is 1. The predicted molar refractivity (Wildman–Crippen MR) is 45.1 cm³/mol. The minimum absolute atomic E-state index is 0.105. The van der Waals surface area contributed by atoms with E-state index in [0.717, 1.165) is 10.9 Å². The number of aromatic hydroxyl groups is 2. The molecule has 0 aliphatic rings. The van der Waals surface area contributed by atoms with E-state index in [0.29, 0.717) is 0 Å². The number of nitrogens with zero attached hydrogens (tertiary/aromatic N) is 1. The third-order valence-electron chi connectivity index (χ3n) is 1.65. The molecule has 0 amide bonds. The highest BCUT2D eigenvalue weighted by atomic mass is 16.3. The maximum atomic E-state index is 9.11. The van der Waals surface area contributed by atoms with Crippen molar-refractivity contribution in [3.63, 3.8) is 0 Å². The molecule has 1 heterocycles. The highest BCUT2D eigenvalue weighted by molar-refractivity contribution is 5.80. The summed E-state index contributed by atoms with van der Waals surface area (Å²) in [5.74, 6) is 0.281. The lowest BCUT2D eigenvalue weighted by atomic mass is 10.2. The van der Waals surface area contributed by atoms with Crippen molar-refractivity contribution in [2.75, 3.05) is 0 Å². The smallest absolute Gasteiger partial charge is 0.134 e. The SMILES string of the molecule is Oc1ccc2ncc(O)cc2c1. The number of fused-ring (bicyclic) bond motifs is 1. The van der Waals surface area contributed by atoms with Gasteiger partial charge in [-0.25, -0.2) is 0 Å². The maximum absolute atomic E-state index is 9.11. The van der Waals surface area contributed by atoms with E-state index in [1.165, 1.54) is 6.20 Å². The van der Waals surface area contributed by atoms with Gasteiger partial charge in [0.15, 0.2) is 0 Å². The molecule has 0 spiro atoms. The van der Waals surface area contributed by atoms with E-state index < -0.39 is 0 Å². The van der Waals surface area contributed by atoms with Gasteiger partial charge in [-0.15, -0.1) is 0 Å². The van der Waals surface area contributed by atoms with Gasteiger partial charge in [-0.2, -0.15) is 0 Å². The van der Waals surface area contributed by atoms with Gasteiger partial charge in [0.05, 0.1) is 11.7 Å². The van der Waals surface area contributed by atoms with Crippen LogP contribution in [0.2, 0.25) is 0 Å². The van der Waals surface area contributed by atoms with Crippen LogP contribution in [0.25, 0.3) is 10.9 Å². The number of benzene rings is 1. The summed E-state index contributed by atoms with van der Waals surface area (Å²) in [5, 5.41) is 18.9. The van der Waals surface area contributed by atoms with Crippen LogP contribution in [0.1, 0.15) is 0 Å². The van der Waals surface area contributed by atoms with Crippen molar-refractivity contribution < 1.29 is 10.2 Å². The zero-order chi connectivity index (χ0) is 8.55. The first-order valence-corrected chi connectivity index (χ1v) is 3.53. The second-order valence-corrected chi connectivity index (χ2v) is 2.57. The highest BCUT2D eigenvalue weighted by Gasteiger charge is 1.96. The van der Waals surface area contributed by atoms with Gasteiger partial charge in [-0.3, -0.25) is 4.98 Å². The van der Waals surface area contributed by atoms with Crippen LogP contribution in [0.5, 0.6) is 11.5 Å². The molecule has 0 unspecified atom stereocenters. The lowest BCUT2D eigenvalue weighted by Crippen LogP contribution is -1.76. The Bertz CT molecular complexity index is 389. The molecule has 3 nitrogen and oxygen atoms in total. The van der Waals surface area contributed by atoms with Crippen molar-refractivity contribution in [3.8, 4) is 11.5 Å². The second-order valence-electron chi connectivity index (χ2n) is 2.57. The average molecular weight is 161 g/mol. The van der Waals surface area contributed by atoms with Gasteiger partial charge in [-0.05, 0) is 24.3 Å². The Morgan fingerprint density at radius 3 is 2.58 bits per heavy atom. The number of hydrogen-bond acceptors (Lipinski definition) is 3. The zero-order valence-corrected chi connectivity index (χ0v) is 6.23. The van der Waals surface area contributed by atoms with E-state index in [-0.39, 0.29) is 11.5 Å². The lowest BCUT2D eigenvalue weighted by molar-refractivity contribution is 0.473. The van der Waals surface area contributed by atoms with Crippen molar-refractivity contribution in [1.82, 2.24) is 4.98 Å². The quantitative estimate of drug-likeness (QED) is 0.617. The fourth-order valence-electron chi connectivity index (χ4n) is 1.11. The van der Waals surface area contributed by atoms with Crippen LogP contribution in [0.3, 0.4) is 0 Å². The van der Waals surface area contributed by atoms with Crippen LogP contribution in [-0.4, -0.2) is 15.2 Å². The lowest BCUT2D eigenvalue weighted by Gasteiger charge is -1.97. The van der Waals surface area contributed by atoms with E-state index in [1.54, 1.807) is 24.3 Å². The van der Waals surface area contributed by atoms with Crippen molar-refractivity contribution in [2.45, 2.75) is 0 Å². The molecule has 0 saturated carbocycles. The number of phenols is 1. The van der Waals surface area contributed by atoms with Crippen LogP contribution in [0, 0.1) is 0 Å². The Morgan fingerprint density at radius 2 is 1.75 bits per heavy atom. The van der Waals surface area contributed by atoms with Gasteiger partial charge in [-0.1, -0.05) is 0 Å². The first kappa shape index (κ1) is 6.91. The van der Waals surface area contributed by atoms with E-state index in [9.17, 15) is 0 Å².